The van der Waals surface area contributed by atoms with Crippen LogP contribution in [0.3, 0.4) is 0 Å². The van der Waals surface area contributed by atoms with Gasteiger partial charge >= 0.3 is 0 Å². The van der Waals surface area contributed by atoms with Gasteiger partial charge in [-0.3, -0.25) is 9.69 Å². The van der Waals surface area contributed by atoms with Gasteiger partial charge in [0.25, 0.3) is 0 Å². The van der Waals surface area contributed by atoms with Crippen LogP contribution in [0.5, 0.6) is 0 Å². The SMILES string of the molecule is Cc1ccccc1CNC(=O)C1CCN(Cc2cccc3ccccc23)CC1. The number of fused-ring (bicyclic) bond motifs is 1. The Hall–Kier alpha value is -2.65. The first kappa shape index (κ1) is 18.7. The fraction of sp³-hybridized carbons (Fsp3) is 0.320. The highest BCUT2D eigenvalue weighted by Crippen LogP contribution is 2.23. The fourth-order valence-electron chi connectivity index (χ4n) is 4.16. The fourth-order valence-corrected chi connectivity index (χ4v) is 4.16. The molecular formula is C25H28N2O. The molecule has 0 aliphatic carbocycles. The monoisotopic (exact) mass is 372 g/mol. The minimum absolute atomic E-state index is 0.132. The van der Waals surface area contributed by atoms with Crippen molar-refractivity contribution in [3.8, 4) is 0 Å². The molecule has 1 heterocycles. The number of aryl methyl sites for hydroxylation is 1. The number of carbonyl (C=O) groups excluding carboxylic acids is 1. The molecule has 1 amide bonds. The molecule has 4 rings (SSSR count). The van der Waals surface area contributed by atoms with E-state index in [1.807, 2.05) is 12.1 Å². The van der Waals surface area contributed by atoms with Gasteiger partial charge in [0, 0.05) is 19.0 Å². The van der Waals surface area contributed by atoms with E-state index < -0.39 is 0 Å². The lowest BCUT2D eigenvalue weighted by Gasteiger charge is -2.31. The van der Waals surface area contributed by atoms with Crippen molar-refractivity contribution < 1.29 is 4.79 Å². The van der Waals surface area contributed by atoms with Crippen LogP contribution in [0.25, 0.3) is 10.8 Å². The van der Waals surface area contributed by atoms with Crippen LogP contribution >= 0.6 is 0 Å². The zero-order chi connectivity index (χ0) is 19.3. The molecule has 0 aromatic heterocycles. The van der Waals surface area contributed by atoms with Gasteiger partial charge < -0.3 is 5.32 Å². The maximum Gasteiger partial charge on any atom is 0.223 e. The van der Waals surface area contributed by atoms with Gasteiger partial charge in [0.15, 0.2) is 0 Å². The average Bonchev–Trinajstić information content (AvgIpc) is 2.74. The maximum atomic E-state index is 12.6. The van der Waals surface area contributed by atoms with E-state index in [1.165, 1.54) is 27.5 Å². The zero-order valence-corrected chi connectivity index (χ0v) is 16.5. The van der Waals surface area contributed by atoms with Gasteiger partial charge in [0.1, 0.15) is 0 Å². The van der Waals surface area contributed by atoms with Gasteiger partial charge in [-0.1, -0.05) is 66.7 Å². The molecule has 0 radical (unpaired) electrons. The predicted molar refractivity (Wildman–Crippen MR) is 115 cm³/mol. The molecule has 0 saturated carbocycles. The highest BCUT2D eigenvalue weighted by Gasteiger charge is 2.25. The van der Waals surface area contributed by atoms with Crippen LogP contribution in [0.1, 0.15) is 29.5 Å². The van der Waals surface area contributed by atoms with E-state index in [4.69, 9.17) is 0 Å². The molecule has 3 heteroatoms. The number of piperidine rings is 1. The van der Waals surface area contributed by atoms with E-state index in [0.717, 1.165) is 32.5 Å². The number of benzene rings is 3. The zero-order valence-electron chi connectivity index (χ0n) is 16.5. The van der Waals surface area contributed by atoms with Gasteiger partial charge in [-0.25, -0.2) is 0 Å². The Morgan fingerprint density at radius 2 is 1.61 bits per heavy atom. The molecule has 1 aliphatic rings. The highest BCUT2D eigenvalue weighted by atomic mass is 16.1. The topological polar surface area (TPSA) is 32.3 Å². The van der Waals surface area contributed by atoms with Crippen molar-refractivity contribution in [3.05, 3.63) is 83.4 Å². The Kier molecular flexibility index (Phi) is 5.73. The first-order valence-corrected chi connectivity index (χ1v) is 10.2. The smallest absolute Gasteiger partial charge is 0.223 e. The number of rotatable bonds is 5. The molecule has 0 unspecified atom stereocenters. The van der Waals surface area contributed by atoms with E-state index in [0.29, 0.717) is 6.54 Å². The van der Waals surface area contributed by atoms with Crippen molar-refractivity contribution in [1.82, 2.24) is 10.2 Å². The van der Waals surface area contributed by atoms with Crippen LogP contribution in [0, 0.1) is 12.8 Å². The Bertz CT molecular complexity index is 952. The second kappa shape index (κ2) is 8.57. The van der Waals surface area contributed by atoms with Gasteiger partial charge in [0.2, 0.25) is 5.91 Å². The maximum absolute atomic E-state index is 12.6. The molecule has 1 saturated heterocycles. The summed E-state index contributed by atoms with van der Waals surface area (Å²) in [4.78, 5) is 15.1. The van der Waals surface area contributed by atoms with Crippen molar-refractivity contribution in [2.45, 2.75) is 32.9 Å². The van der Waals surface area contributed by atoms with Crippen LogP contribution in [0.15, 0.2) is 66.7 Å². The van der Waals surface area contributed by atoms with Crippen LogP contribution in [-0.4, -0.2) is 23.9 Å². The molecule has 1 fully saturated rings. The summed E-state index contributed by atoms with van der Waals surface area (Å²) in [6.45, 7) is 5.63. The standard InChI is InChI=1S/C25H28N2O/c1-19-7-2-3-9-22(19)17-26-25(28)21-13-15-27(16-14-21)18-23-11-6-10-20-8-4-5-12-24(20)23/h2-12,21H,13-18H2,1H3,(H,26,28). The van der Waals surface area contributed by atoms with E-state index in [9.17, 15) is 4.79 Å². The third-order valence-corrected chi connectivity index (χ3v) is 5.95. The van der Waals surface area contributed by atoms with Crippen LogP contribution in [-0.2, 0) is 17.9 Å². The minimum Gasteiger partial charge on any atom is -0.352 e. The number of carbonyl (C=O) groups is 1. The Labute approximate surface area is 167 Å². The predicted octanol–water partition coefficient (Wildman–Crippen LogP) is 4.68. The largest absolute Gasteiger partial charge is 0.352 e. The summed E-state index contributed by atoms with van der Waals surface area (Å²) in [5.74, 6) is 0.334. The van der Waals surface area contributed by atoms with Crippen LogP contribution in [0.4, 0.5) is 0 Å². The van der Waals surface area contributed by atoms with Crippen LogP contribution < -0.4 is 5.32 Å². The average molecular weight is 373 g/mol. The number of hydrogen-bond donors (Lipinski definition) is 1. The summed E-state index contributed by atoms with van der Waals surface area (Å²) in [5, 5.41) is 5.77. The van der Waals surface area contributed by atoms with Gasteiger partial charge in [-0.05, 0) is 60.3 Å². The number of likely N-dealkylation sites (tertiary alicyclic amines) is 1. The summed E-state index contributed by atoms with van der Waals surface area (Å²) < 4.78 is 0. The molecule has 1 aliphatic heterocycles. The molecule has 1 N–H and O–H groups in total. The molecule has 0 bridgehead atoms. The number of nitrogens with one attached hydrogen (secondary N) is 1. The molecule has 0 atom stereocenters. The third-order valence-electron chi connectivity index (χ3n) is 5.95. The molecule has 3 aromatic carbocycles. The lowest BCUT2D eigenvalue weighted by atomic mass is 9.95. The first-order chi connectivity index (χ1) is 13.7. The number of hydrogen-bond acceptors (Lipinski definition) is 2. The van der Waals surface area contributed by atoms with E-state index in [1.54, 1.807) is 0 Å². The van der Waals surface area contributed by atoms with Crippen molar-refractivity contribution in [2.75, 3.05) is 13.1 Å². The van der Waals surface area contributed by atoms with Gasteiger partial charge in [-0.2, -0.15) is 0 Å². The highest BCUT2D eigenvalue weighted by molar-refractivity contribution is 5.85. The lowest BCUT2D eigenvalue weighted by Crippen LogP contribution is -2.40. The Balaban J connectivity index is 1.30. The minimum atomic E-state index is 0.132. The summed E-state index contributed by atoms with van der Waals surface area (Å²) in [6, 6.07) is 23.4. The normalized spacial score (nSPS) is 15.6. The summed E-state index contributed by atoms with van der Waals surface area (Å²) in [5.41, 5.74) is 3.80. The van der Waals surface area contributed by atoms with E-state index in [2.05, 4.69) is 71.7 Å². The summed E-state index contributed by atoms with van der Waals surface area (Å²) in [6.07, 6.45) is 1.87. The van der Waals surface area contributed by atoms with Crippen molar-refractivity contribution in [1.29, 1.82) is 0 Å². The molecule has 0 spiro atoms. The first-order valence-electron chi connectivity index (χ1n) is 10.2. The summed E-state index contributed by atoms with van der Waals surface area (Å²) in [7, 11) is 0. The van der Waals surface area contributed by atoms with Gasteiger partial charge in [-0.15, -0.1) is 0 Å². The molecule has 3 aromatic rings. The molecular weight excluding hydrogens is 344 g/mol. The molecule has 3 nitrogen and oxygen atoms in total. The van der Waals surface area contributed by atoms with Gasteiger partial charge in [0.05, 0.1) is 0 Å². The van der Waals surface area contributed by atoms with E-state index in [-0.39, 0.29) is 11.8 Å². The van der Waals surface area contributed by atoms with Crippen molar-refractivity contribution in [2.24, 2.45) is 5.92 Å². The molecule has 144 valence electrons. The molecule has 28 heavy (non-hydrogen) atoms. The van der Waals surface area contributed by atoms with E-state index >= 15 is 0 Å². The number of amides is 1. The van der Waals surface area contributed by atoms with Crippen LogP contribution in [0.2, 0.25) is 0 Å². The quantitative estimate of drug-likeness (QED) is 0.705. The third kappa shape index (κ3) is 4.26. The lowest BCUT2D eigenvalue weighted by molar-refractivity contribution is -0.126. The Morgan fingerprint density at radius 1 is 0.929 bits per heavy atom. The van der Waals surface area contributed by atoms with Crippen molar-refractivity contribution in [3.63, 3.8) is 0 Å². The summed E-state index contributed by atoms with van der Waals surface area (Å²) >= 11 is 0. The second-order valence-electron chi connectivity index (χ2n) is 7.83. The Morgan fingerprint density at radius 3 is 2.43 bits per heavy atom. The second-order valence-corrected chi connectivity index (χ2v) is 7.83. The number of nitrogens with zero attached hydrogens (tertiary/aromatic N) is 1. The van der Waals surface area contributed by atoms with Crippen molar-refractivity contribution >= 4 is 16.7 Å².